The summed E-state index contributed by atoms with van der Waals surface area (Å²) in [5.74, 6) is 1.15. The maximum atomic E-state index is 12.0. The van der Waals surface area contributed by atoms with Gasteiger partial charge in [0, 0.05) is 0 Å². The molecule has 0 aromatic heterocycles. The SMILES string of the molecule is C[C@@H]1CC(C(O)C(C)(C)O)OC2[C@H]1C1(C)CCC34CC35CC[C@H](O)C(C)(C)[C@@H]5CCC4[C@]1(N)[C@H]2O. The molecule has 200 valence electrons. The molecule has 0 radical (unpaired) electrons. The lowest BCUT2D eigenvalue weighted by Gasteiger charge is -2.63. The molecule has 5 aliphatic carbocycles. The summed E-state index contributed by atoms with van der Waals surface area (Å²) >= 11 is 0. The second-order valence-electron chi connectivity index (χ2n) is 15.3. The lowest BCUT2D eigenvalue weighted by Crippen LogP contribution is -2.70. The van der Waals surface area contributed by atoms with Crippen molar-refractivity contribution in [3.63, 3.8) is 0 Å². The van der Waals surface area contributed by atoms with E-state index in [0.29, 0.717) is 12.3 Å². The topological polar surface area (TPSA) is 116 Å². The number of ether oxygens (including phenoxy) is 1. The molecule has 35 heavy (non-hydrogen) atoms. The number of aliphatic hydroxyl groups excluding tert-OH is 3. The van der Waals surface area contributed by atoms with Crippen LogP contribution in [0.25, 0.3) is 0 Å². The quantitative estimate of drug-likeness (QED) is 0.406. The van der Waals surface area contributed by atoms with Crippen LogP contribution in [0.5, 0.6) is 0 Å². The lowest BCUT2D eigenvalue weighted by atomic mass is 9.43. The van der Waals surface area contributed by atoms with E-state index in [1.165, 1.54) is 6.42 Å². The summed E-state index contributed by atoms with van der Waals surface area (Å²) < 4.78 is 6.51. The predicted molar refractivity (Wildman–Crippen MR) is 133 cm³/mol. The van der Waals surface area contributed by atoms with Gasteiger partial charge in [0.05, 0.1) is 35.6 Å². The van der Waals surface area contributed by atoms with Gasteiger partial charge in [0.1, 0.15) is 6.10 Å². The minimum Gasteiger partial charge on any atom is -0.393 e. The first-order valence-electron chi connectivity index (χ1n) is 14.3. The molecule has 2 spiro atoms. The highest BCUT2D eigenvalue weighted by atomic mass is 16.5. The van der Waals surface area contributed by atoms with Crippen LogP contribution in [0, 0.1) is 45.3 Å². The molecular weight excluding hydrogens is 442 g/mol. The molecule has 6 rings (SSSR count). The third-order valence-corrected chi connectivity index (χ3v) is 13.4. The second kappa shape index (κ2) is 7.04. The highest BCUT2D eigenvalue weighted by molar-refractivity contribution is 5.35. The van der Waals surface area contributed by atoms with E-state index >= 15 is 0 Å². The van der Waals surface area contributed by atoms with Gasteiger partial charge in [-0.2, -0.15) is 0 Å². The van der Waals surface area contributed by atoms with Crippen molar-refractivity contribution < 1.29 is 25.2 Å². The van der Waals surface area contributed by atoms with E-state index in [2.05, 4.69) is 27.7 Å². The summed E-state index contributed by atoms with van der Waals surface area (Å²) in [4.78, 5) is 0. The van der Waals surface area contributed by atoms with Gasteiger partial charge in [-0.05, 0) is 111 Å². The number of hydrogen-bond acceptors (Lipinski definition) is 6. The average molecular weight is 492 g/mol. The van der Waals surface area contributed by atoms with Crippen molar-refractivity contribution in [2.45, 2.75) is 135 Å². The van der Waals surface area contributed by atoms with Crippen LogP contribution in [0.4, 0.5) is 0 Å². The maximum Gasteiger partial charge on any atom is 0.108 e. The van der Waals surface area contributed by atoms with E-state index in [1.807, 2.05) is 0 Å². The van der Waals surface area contributed by atoms with Gasteiger partial charge in [0.25, 0.3) is 0 Å². The summed E-state index contributed by atoms with van der Waals surface area (Å²) in [6, 6.07) is 0. The zero-order valence-electron chi connectivity index (χ0n) is 22.6. The monoisotopic (exact) mass is 491 g/mol. The number of hydrogen-bond donors (Lipinski definition) is 5. The van der Waals surface area contributed by atoms with Gasteiger partial charge in [-0.3, -0.25) is 0 Å². The molecule has 6 heteroatoms. The van der Waals surface area contributed by atoms with Gasteiger partial charge in [-0.15, -0.1) is 0 Å². The van der Waals surface area contributed by atoms with E-state index in [4.69, 9.17) is 10.5 Å². The number of aliphatic hydroxyl groups is 4. The van der Waals surface area contributed by atoms with Crippen LogP contribution in [-0.2, 0) is 4.74 Å². The summed E-state index contributed by atoms with van der Waals surface area (Å²) in [7, 11) is 0. The van der Waals surface area contributed by atoms with Crippen LogP contribution in [0.2, 0.25) is 0 Å². The Balaban J connectivity index is 1.36. The minimum atomic E-state index is -1.26. The third-order valence-electron chi connectivity index (χ3n) is 13.4. The van der Waals surface area contributed by atoms with Crippen molar-refractivity contribution in [2.24, 2.45) is 51.1 Å². The molecule has 0 aromatic rings. The zero-order chi connectivity index (χ0) is 25.6. The molecule has 6 aliphatic rings. The number of nitrogens with two attached hydrogens (primary N) is 1. The van der Waals surface area contributed by atoms with Crippen molar-refractivity contribution in [1.82, 2.24) is 0 Å². The van der Waals surface area contributed by atoms with Crippen molar-refractivity contribution in [2.75, 3.05) is 0 Å². The van der Waals surface area contributed by atoms with Gasteiger partial charge in [-0.1, -0.05) is 27.7 Å². The van der Waals surface area contributed by atoms with Crippen molar-refractivity contribution in [3.8, 4) is 0 Å². The van der Waals surface area contributed by atoms with E-state index in [9.17, 15) is 20.4 Å². The highest BCUT2D eigenvalue weighted by Crippen LogP contribution is 2.87. The van der Waals surface area contributed by atoms with Crippen molar-refractivity contribution >= 4 is 0 Å². The molecule has 6 fully saturated rings. The van der Waals surface area contributed by atoms with Gasteiger partial charge in [-0.25, -0.2) is 0 Å². The van der Waals surface area contributed by atoms with E-state index in [1.54, 1.807) is 13.8 Å². The Morgan fingerprint density at radius 1 is 0.971 bits per heavy atom. The first kappa shape index (κ1) is 25.1. The average Bonchev–Trinajstić information content (AvgIpc) is 3.40. The molecule has 0 bridgehead atoms. The predicted octanol–water partition coefficient (Wildman–Crippen LogP) is 2.98. The summed E-state index contributed by atoms with van der Waals surface area (Å²) in [5, 5.41) is 44.2. The minimum absolute atomic E-state index is 0.0738. The van der Waals surface area contributed by atoms with Crippen LogP contribution in [0.1, 0.15) is 92.9 Å². The highest BCUT2D eigenvalue weighted by Gasteiger charge is 2.85. The van der Waals surface area contributed by atoms with Crippen LogP contribution >= 0.6 is 0 Å². The Labute approximate surface area is 211 Å². The molecular formula is C29H49NO5. The summed E-state index contributed by atoms with van der Waals surface area (Å²) in [5.41, 5.74) is 5.70. The van der Waals surface area contributed by atoms with Gasteiger partial charge < -0.3 is 30.9 Å². The first-order valence-corrected chi connectivity index (χ1v) is 14.3. The standard InChI is InChI=1S/C29H49NO5/c1-15-13-16(22(32)25(4,5)34)35-21-20(15)26(6)11-12-28-14-27(28)10-9-19(31)24(2,3)17(27)7-8-18(28)29(26,30)23(21)33/h15-23,31-34H,7-14,30H2,1-6H3/t15-,16?,17+,18?,19+,20+,21?,22?,23+,26?,27?,28?,29+/m1/s1. The fraction of sp³-hybridized carbons (Fsp3) is 1.00. The fourth-order valence-electron chi connectivity index (χ4n) is 11.6. The molecule has 1 aliphatic heterocycles. The molecule has 0 aromatic carbocycles. The Kier molecular flexibility index (Phi) is 5.04. The van der Waals surface area contributed by atoms with E-state index < -0.39 is 35.6 Å². The van der Waals surface area contributed by atoms with Gasteiger partial charge in [0.15, 0.2) is 0 Å². The number of fused-ring (bicyclic) bond motifs is 4. The first-order chi connectivity index (χ1) is 16.1. The molecule has 7 unspecified atom stereocenters. The summed E-state index contributed by atoms with van der Waals surface area (Å²) in [6.45, 7) is 12.3. The Hall–Kier alpha value is -0.240. The normalized spacial score (nSPS) is 59.4. The van der Waals surface area contributed by atoms with Crippen molar-refractivity contribution in [3.05, 3.63) is 0 Å². The Bertz CT molecular complexity index is 902. The second-order valence-corrected chi connectivity index (χ2v) is 15.3. The third kappa shape index (κ3) is 2.73. The molecule has 13 atom stereocenters. The van der Waals surface area contributed by atoms with Crippen LogP contribution in [0.3, 0.4) is 0 Å². The molecule has 6 N–H and O–H groups in total. The molecule has 1 heterocycles. The van der Waals surface area contributed by atoms with Crippen LogP contribution in [-0.4, -0.2) is 62.1 Å². The van der Waals surface area contributed by atoms with Crippen LogP contribution < -0.4 is 5.73 Å². The zero-order valence-corrected chi connectivity index (χ0v) is 22.6. The molecule has 5 saturated carbocycles. The van der Waals surface area contributed by atoms with Gasteiger partial charge >= 0.3 is 0 Å². The Morgan fingerprint density at radius 3 is 2.26 bits per heavy atom. The largest absolute Gasteiger partial charge is 0.393 e. The molecule has 0 amide bonds. The smallest absolute Gasteiger partial charge is 0.108 e. The Morgan fingerprint density at radius 2 is 1.60 bits per heavy atom. The number of rotatable bonds is 2. The van der Waals surface area contributed by atoms with Crippen LogP contribution in [0.15, 0.2) is 0 Å². The van der Waals surface area contributed by atoms with Gasteiger partial charge in [0.2, 0.25) is 0 Å². The van der Waals surface area contributed by atoms with E-state index in [-0.39, 0.29) is 45.5 Å². The molecule has 1 saturated heterocycles. The van der Waals surface area contributed by atoms with Crippen molar-refractivity contribution in [1.29, 1.82) is 0 Å². The molecule has 6 nitrogen and oxygen atoms in total. The lowest BCUT2D eigenvalue weighted by molar-refractivity contribution is -0.201. The van der Waals surface area contributed by atoms with E-state index in [0.717, 1.165) is 38.5 Å². The summed E-state index contributed by atoms with van der Waals surface area (Å²) in [6.07, 6.45) is 5.11. The fourth-order valence-corrected chi connectivity index (χ4v) is 11.6. The maximum absolute atomic E-state index is 12.0.